The Hall–Kier alpha value is -1.99. The van der Waals surface area contributed by atoms with Crippen molar-refractivity contribution in [3.05, 3.63) is 49.0 Å². The highest BCUT2D eigenvalue weighted by Gasteiger charge is 2.19. The van der Waals surface area contributed by atoms with Gasteiger partial charge in [0.2, 0.25) is 5.91 Å². The maximum atomic E-state index is 12.6. The lowest BCUT2D eigenvalue weighted by molar-refractivity contribution is -0.121. The summed E-state index contributed by atoms with van der Waals surface area (Å²) in [4.78, 5) is 35.4. The Morgan fingerprint density at radius 2 is 2.15 bits per heavy atom. The summed E-state index contributed by atoms with van der Waals surface area (Å²) in [5.74, 6) is 0.577. The van der Waals surface area contributed by atoms with Gasteiger partial charge in [0.25, 0.3) is 5.56 Å². The summed E-state index contributed by atoms with van der Waals surface area (Å²) in [7, 11) is 0. The Kier molecular flexibility index (Phi) is 5.17. The lowest BCUT2D eigenvalue weighted by Gasteiger charge is -2.04. The highest BCUT2D eigenvalue weighted by molar-refractivity contribution is 7.18. The van der Waals surface area contributed by atoms with Gasteiger partial charge in [0.1, 0.15) is 10.7 Å². The highest BCUT2D eigenvalue weighted by Crippen LogP contribution is 2.32. The van der Waals surface area contributed by atoms with Gasteiger partial charge in [-0.05, 0) is 42.7 Å². The summed E-state index contributed by atoms with van der Waals surface area (Å²) in [6.45, 7) is 0.553. The van der Waals surface area contributed by atoms with Gasteiger partial charge in [-0.15, -0.1) is 22.7 Å². The second-order valence-electron chi connectivity index (χ2n) is 6.61. The third-order valence-electron chi connectivity index (χ3n) is 4.75. The number of hydrogen-bond acceptors (Lipinski definition) is 5. The Labute approximate surface area is 159 Å². The largest absolute Gasteiger partial charge is 0.351 e. The molecular formula is C19H21N3O2S2. The van der Waals surface area contributed by atoms with Crippen LogP contribution in [0.2, 0.25) is 0 Å². The number of rotatable bonds is 5. The maximum Gasteiger partial charge on any atom is 0.259 e. The third-order valence-corrected chi connectivity index (χ3v) is 6.81. The van der Waals surface area contributed by atoms with Crippen LogP contribution in [-0.2, 0) is 30.6 Å². The summed E-state index contributed by atoms with van der Waals surface area (Å²) in [5, 5.41) is 5.68. The van der Waals surface area contributed by atoms with E-state index < -0.39 is 0 Å². The number of nitrogens with zero attached hydrogens (tertiary/aromatic N) is 1. The lowest BCUT2D eigenvalue weighted by Crippen LogP contribution is -2.23. The zero-order valence-corrected chi connectivity index (χ0v) is 16.1. The van der Waals surface area contributed by atoms with E-state index in [1.807, 2.05) is 17.5 Å². The fourth-order valence-corrected chi connectivity index (χ4v) is 5.35. The van der Waals surface area contributed by atoms with Crippen LogP contribution in [0.15, 0.2) is 22.3 Å². The van der Waals surface area contributed by atoms with Crippen LogP contribution in [0.5, 0.6) is 0 Å². The third kappa shape index (κ3) is 3.73. The average molecular weight is 388 g/mol. The Bertz CT molecular complexity index is 973. The quantitative estimate of drug-likeness (QED) is 0.657. The molecule has 3 heterocycles. The number of H-pyrrole nitrogens is 1. The van der Waals surface area contributed by atoms with Gasteiger partial charge in [0.05, 0.1) is 11.9 Å². The molecule has 2 N–H and O–H groups in total. The number of carbonyl (C=O) groups excluding carboxylic acids is 1. The SMILES string of the molecule is O=C(CCc1nc2sc3c(c2c(=O)[nH]1)CCCCC3)NCc1cccs1. The fraction of sp³-hybridized carbons (Fsp3) is 0.421. The van der Waals surface area contributed by atoms with Crippen molar-refractivity contribution in [3.63, 3.8) is 0 Å². The maximum absolute atomic E-state index is 12.6. The molecule has 26 heavy (non-hydrogen) atoms. The smallest absolute Gasteiger partial charge is 0.259 e. The molecule has 0 spiro atoms. The van der Waals surface area contributed by atoms with Crippen molar-refractivity contribution in [3.8, 4) is 0 Å². The molecule has 4 rings (SSSR count). The van der Waals surface area contributed by atoms with Crippen LogP contribution in [0, 0.1) is 0 Å². The van der Waals surface area contributed by atoms with Gasteiger partial charge in [-0.25, -0.2) is 4.98 Å². The predicted octanol–water partition coefficient (Wildman–Crippen LogP) is 3.56. The van der Waals surface area contributed by atoms with Gasteiger partial charge in [-0.1, -0.05) is 12.5 Å². The van der Waals surface area contributed by atoms with E-state index in [1.165, 1.54) is 23.3 Å². The minimum Gasteiger partial charge on any atom is -0.351 e. The molecule has 0 aliphatic heterocycles. The molecule has 7 heteroatoms. The van der Waals surface area contributed by atoms with Crippen LogP contribution in [0.25, 0.3) is 10.2 Å². The van der Waals surface area contributed by atoms with Gasteiger partial charge < -0.3 is 10.3 Å². The molecule has 0 fully saturated rings. The van der Waals surface area contributed by atoms with Crippen molar-refractivity contribution in [1.82, 2.24) is 15.3 Å². The van der Waals surface area contributed by atoms with E-state index in [1.54, 1.807) is 22.7 Å². The van der Waals surface area contributed by atoms with E-state index >= 15 is 0 Å². The van der Waals surface area contributed by atoms with E-state index in [0.717, 1.165) is 34.4 Å². The van der Waals surface area contributed by atoms with Crippen molar-refractivity contribution in [2.24, 2.45) is 0 Å². The number of thiophene rings is 2. The van der Waals surface area contributed by atoms with Gasteiger partial charge in [-0.2, -0.15) is 0 Å². The topological polar surface area (TPSA) is 74.8 Å². The summed E-state index contributed by atoms with van der Waals surface area (Å²) in [6.07, 6.45) is 6.36. The summed E-state index contributed by atoms with van der Waals surface area (Å²) in [6, 6.07) is 3.97. The number of hydrogen-bond donors (Lipinski definition) is 2. The molecule has 0 aromatic carbocycles. The monoisotopic (exact) mass is 387 g/mol. The molecule has 0 unspecified atom stereocenters. The van der Waals surface area contributed by atoms with Crippen LogP contribution in [0.1, 0.15) is 46.8 Å². The minimum atomic E-state index is -0.0524. The Morgan fingerprint density at radius 1 is 1.27 bits per heavy atom. The Morgan fingerprint density at radius 3 is 3.00 bits per heavy atom. The number of aryl methyl sites for hydroxylation is 3. The summed E-state index contributed by atoms with van der Waals surface area (Å²) < 4.78 is 0. The van der Waals surface area contributed by atoms with E-state index in [0.29, 0.717) is 25.2 Å². The highest BCUT2D eigenvalue weighted by atomic mass is 32.1. The van der Waals surface area contributed by atoms with Gasteiger partial charge in [-0.3, -0.25) is 9.59 Å². The number of nitrogens with one attached hydrogen (secondary N) is 2. The van der Waals surface area contributed by atoms with Crippen molar-refractivity contribution in [1.29, 1.82) is 0 Å². The first kappa shape index (κ1) is 17.4. The Balaban J connectivity index is 1.45. The normalized spacial score (nSPS) is 14.2. The van der Waals surface area contributed by atoms with Gasteiger partial charge in [0, 0.05) is 22.6 Å². The van der Waals surface area contributed by atoms with E-state index in [9.17, 15) is 9.59 Å². The molecule has 0 saturated carbocycles. The second kappa shape index (κ2) is 7.72. The van der Waals surface area contributed by atoms with Crippen molar-refractivity contribution >= 4 is 38.8 Å². The number of amides is 1. The zero-order valence-electron chi connectivity index (χ0n) is 14.5. The van der Waals surface area contributed by atoms with Crippen molar-refractivity contribution in [2.75, 3.05) is 0 Å². The number of fused-ring (bicyclic) bond motifs is 3. The van der Waals surface area contributed by atoms with Crippen LogP contribution in [-0.4, -0.2) is 15.9 Å². The average Bonchev–Trinajstić information content (AvgIpc) is 3.21. The summed E-state index contributed by atoms with van der Waals surface area (Å²) >= 11 is 3.28. The van der Waals surface area contributed by atoms with Gasteiger partial charge in [0.15, 0.2) is 0 Å². The predicted molar refractivity (Wildman–Crippen MR) is 106 cm³/mol. The molecule has 136 valence electrons. The molecule has 1 aliphatic rings. The first-order valence-electron chi connectivity index (χ1n) is 9.03. The number of carbonyl (C=O) groups is 1. The van der Waals surface area contributed by atoms with E-state index in [2.05, 4.69) is 15.3 Å². The molecular weight excluding hydrogens is 366 g/mol. The van der Waals surface area contributed by atoms with Crippen LogP contribution in [0.4, 0.5) is 0 Å². The lowest BCUT2D eigenvalue weighted by atomic mass is 10.1. The number of aromatic amines is 1. The van der Waals surface area contributed by atoms with Crippen LogP contribution >= 0.6 is 22.7 Å². The van der Waals surface area contributed by atoms with Crippen molar-refractivity contribution in [2.45, 2.75) is 51.5 Å². The molecule has 3 aromatic rings. The van der Waals surface area contributed by atoms with Crippen molar-refractivity contribution < 1.29 is 4.79 Å². The van der Waals surface area contributed by atoms with Gasteiger partial charge >= 0.3 is 0 Å². The number of aromatic nitrogens is 2. The first-order chi connectivity index (χ1) is 12.7. The molecule has 1 amide bonds. The second-order valence-corrected chi connectivity index (χ2v) is 8.73. The van der Waals surface area contributed by atoms with Crippen LogP contribution in [0.3, 0.4) is 0 Å². The zero-order chi connectivity index (χ0) is 17.9. The van der Waals surface area contributed by atoms with Crippen LogP contribution < -0.4 is 10.9 Å². The fourth-order valence-electron chi connectivity index (χ4n) is 3.42. The molecule has 0 atom stereocenters. The molecule has 0 bridgehead atoms. The minimum absolute atomic E-state index is 0.0249. The molecule has 5 nitrogen and oxygen atoms in total. The molecule has 0 saturated heterocycles. The molecule has 3 aromatic heterocycles. The first-order valence-corrected chi connectivity index (χ1v) is 10.7. The molecule has 0 radical (unpaired) electrons. The summed E-state index contributed by atoms with van der Waals surface area (Å²) in [5.41, 5.74) is 1.15. The standard InChI is InChI=1S/C19H21N3O2S2/c23-16(20-11-12-5-4-10-25-12)9-8-15-21-18(24)17-13-6-2-1-3-7-14(13)26-19(17)22-15/h4-5,10H,1-3,6-9,11H2,(H,20,23)(H,21,22,24). The molecule has 1 aliphatic carbocycles. The van der Waals surface area contributed by atoms with E-state index in [4.69, 9.17) is 0 Å². The van der Waals surface area contributed by atoms with E-state index in [-0.39, 0.29) is 11.5 Å².